The minimum atomic E-state index is -0.760. The van der Waals surface area contributed by atoms with E-state index in [9.17, 15) is 14.7 Å². The van der Waals surface area contributed by atoms with Gasteiger partial charge in [-0.25, -0.2) is 9.59 Å². The van der Waals surface area contributed by atoms with Crippen molar-refractivity contribution in [1.82, 2.24) is 10.2 Å². The lowest BCUT2D eigenvalue weighted by molar-refractivity contribution is -0.145. The number of phenolic OH excluding ortho intramolecular Hbond substituents is 1. The van der Waals surface area contributed by atoms with Crippen LogP contribution in [-0.4, -0.2) is 42.3 Å². The maximum Gasteiger partial charge on any atom is 0.338 e. The van der Waals surface area contributed by atoms with Crippen molar-refractivity contribution in [2.24, 2.45) is 0 Å². The molecule has 1 fully saturated rings. The molecule has 0 aromatic heterocycles. The van der Waals surface area contributed by atoms with Crippen molar-refractivity contribution in [3.05, 3.63) is 34.0 Å². The predicted octanol–water partition coefficient (Wildman–Crippen LogP) is 4.29. The maximum atomic E-state index is 13.2. The van der Waals surface area contributed by atoms with Gasteiger partial charge in [-0.05, 0) is 50.3 Å². The van der Waals surface area contributed by atoms with E-state index in [0.717, 1.165) is 38.5 Å². The summed E-state index contributed by atoms with van der Waals surface area (Å²) in [6.07, 6.45) is 5.98. The molecule has 8 heteroatoms. The molecule has 1 saturated carbocycles. The van der Waals surface area contributed by atoms with E-state index < -0.39 is 12.0 Å². The highest BCUT2D eigenvalue weighted by Crippen LogP contribution is 2.40. The van der Waals surface area contributed by atoms with Crippen molar-refractivity contribution in [2.45, 2.75) is 57.6 Å². The van der Waals surface area contributed by atoms with Crippen LogP contribution in [0.15, 0.2) is 23.4 Å². The summed E-state index contributed by atoms with van der Waals surface area (Å²) in [5, 5.41) is 12.9. The number of aromatic hydroxyl groups is 1. The SMILES string of the molecule is COc1cc([C@@H]2NC(=O)N(C)C(C)=C2C(=O)OC2CCCCCC2)cc(Cl)c1O. The van der Waals surface area contributed by atoms with Crippen LogP contribution < -0.4 is 10.1 Å². The van der Waals surface area contributed by atoms with Gasteiger partial charge in [0.2, 0.25) is 0 Å². The molecule has 29 heavy (non-hydrogen) atoms. The average Bonchev–Trinajstić information content (AvgIpc) is 2.96. The molecule has 1 aromatic rings. The van der Waals surface area contributed by atoms with Crippen LogP contribution in [-0.2, 0) is 9.53 Å². The Labute approximate surface area is 175 Å². The van der Waals surface area contributed by atoms with Crippen LogP contribution in [0.5, 0.6) is 11.5 Å². The zero-order chi connectivity index (χ0) is 21.1. The second-order valence-electron chi connectivity index (χ2n) is 7.51. The Kier molecular flexibility index (Phi) is 6.57. The Hall–Kier alpha value is -2.41. The molecule has 0 radical (unpaired) electrons. The molecule has 1 aromatic carbocycles. The third-order valence-corrected chi connectivity index (χ3v) is 5.94. The predicted molar refractivity (Wildman–Crippen MR) is 109 cm³/mol. The summed E-state index contributed by atoms with van der Waals surface area (Å²) in [6.45, 7) is 1.72. The monoisotopic (exact) mass is 422 g/mol. The van der Waals surface area contributed by atoms with Crippen LogP contribution in [0.4, 0.5) is 4.79 Å². The van der Waals surface area contributed by atoms with Crippen molar-refractivity contribution in [1.29, 1.82) is 0 Å². The van der Waals surface area contributed by atoms with Crippen molar-refractivity contribution < 1.29 is 24.2 Å². The van der Waals surface area contributed by atoms with Crippen molar-refractivity contribution >= 4 is 23.6 Å². The van der Waals surface area contributed by atoms with Gasteiger partial charge in [-0.15, -0.1) is 0 Å². The number of nitrogens with one attached hydrogen (secondary N) is 1. The molecule has 1 aliphatic heterocycles. The van der Waals surface area contributed by atoms with Crippen molar-refractivity contribution in [3.8, 4) is 11.5 Å². The lowest BCUT2D eigenvalue weighted by atomic mass is 9.94. The number of urea groups is 1. The van der Waals surface area contributed by atoms with Gasteiger partial charge in [0.05, 0.1) is 23.7 Å². The van der Waals surface area contributed by atoms with Gasteiger partial charge in [-0.2, -0.15) is 0 Å². The lowest BCUT2D eigenvalue weighted by Crippen LogP contribution is -2.46. The number of carbonyl (C=O) groups is 2. The summed E-state index contributed by atoms with van der Waals surface area (Å²) < 4.78 is 11.0. The minimum Gasteiger partial charge on any atom is -0.503 e. The number of hydrogen-bond acceptors (Lipinski definition) is 5. The molecular formula is C21H27ClN2O5. The number of phenols is 1. The van der Waals surface area contributed by atoms with Crippen molar-refractivity contribution in [2.75, 3.05) is 14.2 Å². The third kappa shape index (κ3) is 4.45. The van der Waals surface area contributed by atoms with Gasteiger partial charge < -0.3 is 24.8 Å². The number of methoxy groups -OCH3 is 1. The fourth-order valence-electron chi connectivity index (χ4n) is 3.84. The number of halogens is 1. The molecule has 0 spiro atoms. The summed E-state index contributed by atoms with van der Waals surface area (Å²) >= 11 is 6.13. The van der Waals surface area contributed by atoms with Gasteiger partial charge in [-0.3, -0.25) is 0 Å². The van der Waals surface area contributed by atoms with Crippen LogP contribution in [0, 0.1) is 0 Å². The van der Waals surface area contributed by atoms with Crippen LogP contribution in [0.25, 0.3) is 0 Å². The fourth-order valence-corrected chi connectivity index (χ4v) is 4.06. The zero-order valence-corrected chi connectivity index (χ0v) is 17.7. The number of benzene rings is 1. The molecule has 0 bridgehead atoms. The molecule has 3 rings (SSSR count). The van der Waals surface area contributed by atoms with Gasteiger partial charge >= 0.3 is 12.0 Å². The van der Waals surface area contributed by atoms with Gasteiger partial charge in [0.25, 0.3) is 0 Å². The Bertz CT molecular complexity index is 831. The number of amides is 2. The smallest absolute Gasteiger partial charge is 0.338 e. The molecule has 7 nitrogen and oxygen atoms in total. The lowest BCUT2D eigenvalue weighted by Gasteiger charge is -2.34. The van der Waals surface area contributed by atoms with E-state index >= 15 is 0 Å². The largest absolute Gasteiger partial charge is 0.503 e. The number of esters is 1. The van der Waals surface area contributed by atoms with Crippen LogP contribution in [0.3, 0.4) is 0 Å². The van der Waals surface area contributed by atoms with E-state index in [1.54, 1.807) is 20.0 Å². The molecule has 158 valence electrons. The van der Waals surface area contributed by atoms with Gasteiger partial charge in [0, 0.05) is 12.7 Å². The Balaban J connectivity index is 1.97. The Morgan fingerprint density at radius 2 is 1.90 bits per heavy atom. The van der Waals surface area contributed by atoms with E-state index in [4.69, 9.17) is 21.1 Å². The quantitative estimate of drug-likeness (QED) is 0.558. The number of carbonyl (C=O) groups excluding carboxylic acids is 2. The standard InChI is InChI=1S/C21H27ClN2O5/c1-12-17(20(26)29-14-8-6-4-5-7-9-14)18(23-21(27)24(12)2)13-10-15(22)19(25)16(11-13)28-3/h10-11,14,18,25H,4-9H2,1-3H3,(H,23,27)/t18-/m0/s1. The number of nitrogens with zero attached hydrogens (tertiary/aromatic N) is 1. The number of ether oxygens (including phenoxy) is 2. The number of hydrogen-bond donors (Lipinski definition) is 2. The minimum absolute atomic E-state index is 0.0710. The van der Waals surface area contributed by atoms with E-state index in [2.05, 4.69) is 5.32 Å². The Morgan fingerprint density at radius 1 is 1.24 bits per heavy atom. The van der Waals surface area contributed by atoms with E-state index in [0.29, 0.717) is 16.8 Å². The first-order valence-corrected chi connectivity index (χ1v) is 10.2. The molecule has 1 heterocycles. The first kappa shape index (κ1) is 21.3. The van der Waals surface area contributed by atoms with Crippen LogP contribution in [0.2, 0.25) is 5.02 Å². The maximum absolute atomic E-state index is 13.2. The van der Waals surface area contributed by atoms with E-state index in [1.807, 2.05) is 0 Å². The second kappa shape index (κ2) is 8.95. The fraction of sp³-hybridized carbons (Fsp3) is 0.524. The molecule has 0 saturated heterocycles. The van der Waals surface area contributed by atoms with Crippen LogP contribution >= 0.6 is 11.6 Å². The highest BCUT2D eigenvalue weighted by Gasteiger charge is 2.36. The Morgan fingerprint density at radius 3 is 2.52 bits per heavy atom. The van der Waals surface area contributed by atoms with E-state index in [-0.39, 0.29) is 28.7 Å². The van der Waals surface area contributed by atoms with Crippen molar-refractivity contribution in [3.63, 3.8) is 0 Å². The first-order chi connectivity index (χ1) is 13.8. The summed E-state index contributed by atoms with van der Waals surface area (Å²) in [5.74, 6) is -0.482. The molecular weight excluding hydrogens is 396 g/mol. The normalized spacial score (nSPS) is 20.9. The molecule has 2 N–H and O–H groups in total. The highest BCUT2D eigenvalue weighted by molar-refractivity contribution is 6.32. The van der Waals surface area contributed by atoms with Crippen LogP contribution in [0.1, 0.15) is 57.1 Å². The summed E-state index contributed by atoms with van der Waals surface area (Å²) in [4.78, 5) is 27.0. The van der Waals surface area contributed by atoms with Gasteiger partial charge in [0.15, 0.2) is 11.5 Å². The summed E-state index contributed by atoms with van der Waals surface area (Å²) in [6, 6.07) is 1.97. The number of rotatable bonds is 4. The highest BCUT2D eigenvalue weighted by atomic mass is 35.5. The molecule has 1 aliphatic carbocycles. The number of allylic oxidation sites excluding steroid dienone is 1. The zero-order valence-electron chi connectivity index (χ0n) is 17.0. The second-order valence-corrected chi connectivity index (χ2v) is 7.92. The summed E-state index contributed by atoms with van der Waals surface area (Å²) in [5.41, 5.74) is 1.39. The molecule has 1 atom stereocenters. The first-order valence-electron chi connectivity index (χ1n) is 9.85. The molecule has 2 aliphatic rings. The molecule has 0 unspecified atom stereocenters. The topological polar surface area (TPSA) is 88.1 Å². The average molecular weight is 423 g/mol. The van der Waals surface area contributed by atoms with Gasteiger partial charge in [0.1, 0.15) is 6.10 Å². The third-order valence-electron chi connectivity index (χ3n) is 5.65. The van der Waals surface area contributed by atoms with Gasteiger partial charge in [-0.1, -0.05) is 24.4 Å². The van der Waals surface area contributed by atoms with E-state index in [1.165, 1.54) is 18.1 Å². The summed E-state index contributed by atoms with van der Waals surface area (Å²) in [7, 11) is 3.01. The molecule has 2 amide bonds.